The lowest BCUT2D eigenvalue weighted by Gasteiger charge is -2.27. The summed E-state index contributed by atoms with van der Waals surface area (Å²) in [5.41, 5.74) is 0.846. The van der Waals surface area contributed by atoms with E-state index in [1.165, 1.54) is 0 Å². The second-order valence-corrected chi connectivity index (χ2v) is 9.10. The molecular weight excluding hydrogens is 332 g/mol. The highest BCUT2D eigenvalue weighted by atomic mass is 32.2. The standard InChI is InChI=1S/C16H22N2O3S2/c1-11(2)8-17-13-9-23(19,20)10-14(13)18(16(17)22)12-6-4-5-7-15(12)21-3/h4-7,11,13-14H,8-10H2,1-3H3. The van der Waals surface area contributed by atoms with Gasteiger partial charge in [-0.05, 0) is 30.3 Å². The SMILES string of the molecule is COc1ccccc1N1C(=S)N(CC(C)C)C2CS(=O)(=O)CC21. The number of hydrogen-bond donors (Lipinski definition) is 0. The zero-order valence-electron chi connectivity index (χ0n) is 13.6. The molecule has 2 heterocycles. The summed E-state index contributed by atoms with van der Waals surface area (Å²) in [6, 6.07) is 7.43. The maximum Gasteiger partial charge on any atom is 0.176 e. The van der Waals surface area contributed by atoms with Crippen LogP contribution in [0.2, 0.25) is 0 Å². The molecule has 3 rings (SSSR count). The number of methoxy groups -OCH3 is 1. The van der Waals surface area contributed by atoms with Gasteiger partial charge in [-0.25, -0.2) is 8.42 Å². The molecule has 23 heavy (non-hydrogen) atoms. The molecule has 2 saturated heterocycles. The van der Waals surface area contributed by atoms with Crippen molar-refractivity contribution in [2.75, 3.05) is 30.1 Å². The summed E-state index contributed by atoms with van der Waals surface area (Å²) in [6.07, 6.45) is 0. The molecule has 0 amide bonds. The fraction of sp³-hybridized carbons (Fsp3) is 0.562. The smallest absolute Gasteiger partial charge is 0.176 e. The predicted molar refractivity (Wildman–Crippen MR) is 95.8 cm³/mol. The summed E-state index contributed by atoms with van der Waals surface area (Å²) in [5.74, 6) is 1.44. The first kappa shape index (κ1) is 16.5. The number of hydrogen-bond acceptors (Lipinski definition) is 4. The second-order valence-electron chi connectivity index (χ2n) is 6.58. The van der Waals surface area contributed by atoms with Gasteiger partial charge in [0.25, 0.3) is 0 Å². The molecule has 5 nitrogen and oxygen atoms in total. The summed E-state index contributed by atoms with van der Waals surface area (Å²) in [7, 11) is -1.42. The highest BCUT2D eigenvalue weighted by molar-refractivity contribution is 7.91. The molecule has 2 unspecified atom stereocenters. The Hall–Kier alpha value is -1.34. The first-order valence-corrected chi connectivity index (χ1v) is 10.0. The lowest BCUT2D eigenvalue weighted by Crippen LogP contribution is -2.39. The molecule has 0 radical (unpaired) electrons. The lowest BCUT2D eigenvalue weighted by atomic mass is 10.1. The van der Waals surface area contributed by atoms with E-state index in [9.17, 15) is 8.42 Å². The molecule has 126 valence electrons. The van der Waals surface area contributed by atoms with E-state index in [0.29, 0.717) is 16.8 Å². The van der Waals surface area contributed by atoms with Gasteiger partial charge < -0.3 is 14.5 Å². The zero-order chi connectivity index (χ0) is 16.8. The Balaban J connectivity index is 2.04. The molecule has 2 atom stereocenters. The maximum absolute atomic E-state index is 12.2. The van der Waals surface area contributed by atoms with Gasteiger partial charge in [0.2, 0.25) is 0 Å². The number of sulfone groups is 1. The predicted octanol–water partition coefficient (Wildman–Crippen LogP) is 1.92. The van der Waals surface area contributed by atoms with Crippen molar-refractivity contribution in [1.29, 1.82) is 0 Å². The monoisotopic (exact) mass is 354 g/mol. The number of fused-ring (bicyclic) bond motifs is 1. The lowest BCUT2D eigenvalue weighted by molar-refractivity contribution is 0.319. The quantitative estimate of drug-likeness (QED) is 0.770. The van der Waals surface area contributed by atoms with Crippen molar-refractivity contribution in [3.8, 4) is 5.75 Å². The molecule has 1 aromatic carbocycles. The van der Waals surface area contributed by atoms with Gasteiger partial charge in [0, 0.05) is 6.54 Å². The minimum atomic E-state index is -3.04. The van der Waals surface area contributed by atoms with Crippen LogP contribution in [-0.4, -0.2) is 55.7 Å². The fourth-order valence-electron chi connectivity index (χ4n) is 3.49. The van der Waals surface area contributed by atoms with Crippen molar-refractivity contribution in [3.63, 3.8) is 0 Å². The van der Waals surface area contributed by atoms with Gasteiger partial charge in [-0.3, -0.25) is 0 Å². The number of benzene rings is 1. The van der Waals surface area contributed by atoms with Gasteiger partial charge in [0.1, 0.15) is 5.75 Å². The van der Waals surface area contributed by atoms with E-state index in [-0.39, 0.29) is 23.6 Å². The molecule has 2 fully saturated rings. The molecular formula is C16H22N2O3S2. The molecule has 0 spiro atoms. The molecule has 1 aromatic rings. The summed E-state index contributed by atoms with van der Waals surface area (Å²) in [6.45, 7) is 5.00. The Bertz CT molecular complexity index is 718. The molecule has 0 N–H and O–H groups in total. The van der Waals surface area contributed by atoms with Crippen molar-refractivity contribution in [2.24, 2.45) is 5.92 Å². The molecule has 0 aliphatic carbocycles. The van der Waals surface area contributed by atoms with Gasteiger partial charge in [0.05, 0.1) is 36.4 Å². The Morgan fingerprint density at radius 2 is 1.91 bits per heavy atom. The number of rotatable bonds is 4. The summed E-state index contributed by atoms with van der Waals surface area (Å²) >= 11 is 5.70. The summed E-state index contributed by atoms with van der Waals surface area (Å²) in [5, 5.41) is 0.702. The van der Waals surface area contributed by atoms with Crippen LogP contribution in [0, 0.1) is 5.92 Å². The van der Waals surface area contributed by atoms with Crippen molar-refractivity contribution in [2.45, 2.75) is 25.9 Å². The Kier molecular flexibility index (Phi) is 4.27. The van der Waals surface area contributed by atoms with E-state index >= 15 is 0 Å². The average Bonchev–Trinajstić information content (AvgIpc) is 2.91. The van der Waals surface area contributed by atoms with E-state index in [4.69, 9.17) is 17.0 Å². The molecule has 0 bridgehead atoms. The Morgan fingerprint density at radius 1 is 1.26 bits per heavy atom. The zero-order valence-corrected chi connectivity index (χ0v) is 15.2. The molecule has 0 aromatic heterocycles. The number of ether oxygens (including phenoxy) is 1. The largest absolute Gasteiger partial charge is 0.495 e. The van der Waals surface area contributed by atoms with Crippen LogP contribution in [0.5, 0.6) is 5.75 Å². The average molecular weight is 354 g/mol. The highest BCUT2D eigenvalue weighted by Gasteiger charge is 2.52. The van der Waals surface area contributed by atoms with E-state index in [0.717, 1.165) is 12.2 Å². The second kappa shape index (κ2) is 5.94. The fourth-order valence-corrected chi connectivity index (χ4v) is 5.89. The van der Waals surface area contributed by atoms with Crippen LogP contribution >= 0.6 is 12.2 Å². The Morgan fingerprint density at radius 3 is 2.57 bits per heavy atom. The summed E-state index contributed by atoms with van der Waals surface area (Å²) < 4.78 is 29.8. The number of thiocarbonyl (C=S) groups is 1. The first-order valence-electron chi connectivity index (χ1n) is 7.77. The van der Waals surface area contributed by atoms with E-state index in [1.807, 2.05) is 29.2 Å². The topological polar surface area (TPSA) is 49.9 Å². The van der Waals surface area contributed by atoms with Crippen molar-refractivity contribution in [3.05, 3.63) is 24.3 Å². The van der Waals surface area contributed by atoms with Crippen LogP contribution in [-0.2, 0) is 9.84 Å². The third kappa shape index (κ3) is 2.92. The van der Waals surface area contributed by atoms with Crippen molar-refractivity contribution < 1.29 is 13.2 Å². The van der Waals surface area contributed by atoms with Gasteiger partial charge in [-0.15, -0.1) is 0 Å². The minimum absolute atomic E-state index is 0.0696. The van der Waals surface area contributed by atoms with Crippen molar-refractivity contribution >= 4 is 32.9 Å². The molecule has 2 aliphatic rings. The van der Waals surface area contributed by atoms with Crippen LogP contribution in [0.15, 0.2) is 24.3 Å². The molecule has 7 heteroatoms. The van der Waals surface area contributed by atoms with Crippen LogP contribution in [0.25, 0.3) is 0 Å². The molecule has 2 aliphatic heterocycles. The van der Waals surface area contributed by atoms with Crippen LogP contribution in [0.1, 0.15) is 13.8 Å². The minimum Gasteiger partial charge on any atom is -0.495 e. The van der Waals surface area contributed by atoms with Gasteiger partial charge in [-0.2, -0.15) is 0 Å². The third-order valence-corrected chi connectivity index (χ3v) is 6.51. The van der Waals surface area contributed by atoms with Crippen LogP contribution in [0.4, 0.5) is 5.69 Å². The van der Waals surface area contributed by atoms with Crippen LogP contribution < -0.4 is 9.64 Å². The van der Waals surface area contributed by atoms with Gasteiger partial charge in [0.15, 0.2) is 14.9 Å². The van der Waals surface area contributed by atoms with Gasteiger partial charge in [-0.1, -0.05) is 26.0 Å². The number of para-hydroxylation sites is 2. The van der Waals surface area contributed by atoms with Crippen molar-refractivity contribution in [1.82, 2.24) is 4.90 Å². The Labute approximate surface area is 143 Å². The normalized spacial score (nSPS) is 26.0. The van der Waals surface area contributed by atoms with E-state index in [2.05, 4.69) is 18.7 Å². The molecule has 0 saturated carbocycles. The van der Waals surface area contributed by atoms with Gasteiger partial charge >= 0.3 is 0 Å². The number of nitrogens with zero attached hydrogens (tertiary/aromatic N) is 2. The number of anilines is 1. The third-order valence-electron chi connectivity index (χ3n) is 4.38. The first-order chi connectivity index (χ1) is 10.8. The van der Waals surface area contributed by atoms with Crippen LogP contribution in [0.3, 0.4) is 0 Å². The highest BCUT2D eigenvalue weighted by Crippen LogP contribution is 2.39. The van der Waals surface area contributed by atoms with E-state index < -0.39 is 9.84 Å². The summed E-state index contributed by atoms with van der Waals surface area (Å²) in [4.78, 5) is 4.06. The maximum atomic E-state index is 12.2. The van der Waals surface area contributed by atoms with E-state index in [1.54, 1.807) is 7.11 Å².